The van der Waals surface area contributed by atoms with Gasteiger partial charge in [-0.15, -0.1) is 6.42 Å². The van der Waals surface area contributed by atoms with Gasteiger partial charge in [-0.3, -0.25) is 0 Å². The maximum Gasteiger partial charge on any atom is 0.290 e. The van der Waals surface area contributed by atoms with Crippen LogP contribution in [-0.2, 0) is 0 Å². The molecular weight excluding hydrogens is 324 g/mol. The number of hydrogen-bond acceptors (Lipinski definition) is 2. The van der Waals surface area contributed by atoms with E-state index in [0.717, 1.165) is 4.47 Å². The Kier molecular flexibility index (Phi) is 3.95. The first-order valence-electron chi connectivity index (χ1n) is 4.93. The fourth-order valence-electron chi connectivity index (χ4n) is 1.65. The van der Waals surface area contributed by atoms with Gasteiger partial charge in [0.2, 0.25) is 0 Å². The van der Waals surface area contributed by atoms with Crippen LogP contribution in [0.2, 0.25) is 0 Å². The summed E-state index contributed by atoms with van der Waals surface area (Å²) in [6, 6.07) is 5.12. The van der Waals surface area contributed by atoms with Crippen LogP contribution >= 0.6 is 27.7 Å². The van der Waals surface area contributed by atoms with E-state index >= 15 is 0 Å². The summed E-state index contributed by atoms with van der Waals surface area (Å²) in [5.74, 6) is -0.434. The van der Waals surface area contributed by atoms with Crippen LogP contribution in [0.4, 0.5) is 8.78 Å². The van der Waals surface area contributed by atoms with Gasteiger partial charge in [-0.2, -0.15) is 8.78 Å². The molecule has 1 unspecified atom stereocenters. The van der Waals surface area contributed by atoms with Gasteiger partial charge in [0.1, 0.15) is 6.10 Å². The zero-order valence-electron chi connectivity index (χ0n) is 8.98. The van der Waals surface area contributed by atoms with Crippen molar-refractivity contribution < 1.29 is 13.9 Å². The maximum atomic E-state index is 12.6. The summed E-state index contributed by atoms with van der Waals surface area (Å²) < 4.78 is 27.5. The van der Waals surface area contributed by atoms with Gasteiger partial charge < -0.3 is 9.51 Å². The van der Waals surface area contributed by atoms with Gasteiger partial charge in [0, 0.05) is 16.2 Å². The van der Waals surface area contributed by atoms with Crippen molar-refractivity contribution in [3.63, 3.8) is 0 Å². The molecule has 6 heteroatoms. The lowest BCUT2D eigenvalue weighted by molar-refractivity contribution is 0.234. The molecule has 1 N–H and O–H groups in total. The molecule has 0 radical (unpaired) electrons. The number of aliphatic hydroxyl groups is 1. The minimum absolute atomic E-state index is 0.256. The Bertz CT molecular complexity index is 620. The van der Waals surface area contributed by atoms with E-state index in [0.29, 0.717) is 22.8 Å². The Balaban J connectivity index is 2.69. The molecule has 94 valence electrons. The van der Waals surface area contributed by atoms with E-state index in [2.05, 4.69) is 21.9 Å². The van der Waals surface area contributed by atoms with Gasteiger partial charge in [-0.05, 0) is 45.9 Å². The molecule has 0 aliphatic carbocycles. The molecule has 0 saturated heterocycles. The minimum atomic E-state index is -2.58. The number of rotatable bonds is 3. The number of aromatic nitrogens is 1. The van der Waals surface area contributed by atoms with Crippen molar-refractivity contribution in [3.8, 4) is 12.3 Å². The smallest absolute Gasteiger partial charge is 0.290 e. The number of alkyl halides is 2. The van der Waals surface area contributed by atoms with Crippen molar-refractivity contribution in [3.05, 3.63) is 34.4 Å². The van der Waals surface area contributed by atoms with Crippen molar-refractivity contribution in [2.75, 3.05) is 0 Å². The predicted octanol–water partition coefficient (Wildman–Crippen LogP) is 3.68. The molecule has 0 saturated carbocycles. The number of fused-ring (bicyclic) bond motifs is 1. The van der Waals surface area contributed by atoms with E-state index in [1.807, 2.05) is 0 Å². The molecular formula is C12H8BrF2NOS. The second-order valence-electron chi connectivity index (χ2n) is 3.46. The third-order valence-corrected chi connectivity index (χ3v) is 3.90. The van der Waals surface area contributed by atoms with Crippen molar-refractivity contribution in [1.82, 2.24) is 4.40 Å². The van der Waals surface area contributed by atoms with Crippen LogP contribution in [-0.4, -0.2) is 15.3 Å². The molecule has 2 aromatic heterocycles. The van der Waals surface area contributed by atoms with Gasteiger partial charge in [0.25, 0.3) is 5.76 Å². The summed E-state index contributed by atoms with van der Waals surface area (Å²) in [6.07, 6.45) is 5.60. The fraction of sp³-hybridized carbons (Fsp3) is 0.167. The van der Waals surface area contributed by atoms with E-state index in [9.17, 15) is 13.9 Å². The molecule has 2 nitrogen and oxygen atoms in total. The van der Waals surface area contributed by atoms with Crippen LogP contribution in [0.15, 0.2) is 33.9 Å². The van der Waals surface area contributed by atoms with Crippen LogP contribution in [0.3, 0.4) is 0 Å². The van der Waals surface area contributed by atoms with E-state index in [4.69, 9.17) is 6.42 Å². The van der Waals surface area contributed by atoms with Gasteiger partial charge in [0.15, 0.2) is 0 Å². The van der Waals surface area contributed by atoms with Gasteiger partial charge in [0.05, 0.1) is 10.5 Å². The monoisotopic (exact) mass is 331 g/mol. The minimum Gasteiger partial charge on any atom is -0.376 e. The maximum absolute atomic E-state index is 12.6. The Labute approximate surface area is 115 Å². The molecule has 0 aliphatic rings. The number of terminal acetylenes is 1. The number of nitrogens with zero attached hydrogens (tertiary/aromatic N) is 1. The molecule has 18 heavy (non-hydrogen) atoms. The highest BCUT2D eigenvalue weighted by molar-refractivity contribution is 9.10. The van der Waals surface area contributed by atoms with Crippen molar-refractivity contribution in [2.24, 2.45) is 0 Å². The first-order valence-corrected chi connectivity index (χ1v) is 6.60. The SMILES string of the molecule is C#CC(O)c1cc2c(Br)cccn2c1SC(F)F. The number of pyridine rings is 1. The molecule has 2 rings (SSSR count). The topological polar surface area (TPSA) is 24.6 Å². The fourth-order valence-corrected chi connectivity index (χ4v) is 2.86. The molecule has 0 fully saturated rings. The molecule has 2 heterocycles. The normalized spacial score (nSPS) is 12.9. The lowest BCUT2D eigenvalue weighted by Crippen LogP contribution is -1.97. The summed E-state index contributed by atoms with van der Waals surface area (Å²) in [6.45, 7) is 0. The lowest BCUT2D eigenvalue weighted by Gasteiger charge is -2.07. The predicted molar refractivity (Wildman–Crippen MR) is 70.8 cm³/mol. The van der Waals surface area contributed by atoms with Crippen LogP contribution in [0.1, 0.15) is 11.7 Å². The van der Waals surface area contributed by atoms with Crippen LogP contribution in [0.25, 0.3) is 5.52 Å². The molecule has 1 atom stereocenters. The van der Waals surface area contributed by atoms with E-state index in [1.165, 1.54) is 0 Å². The van der Waals surface area contributed by atoms with Gasteiger partial charge in [-0.25, -0.2) is 0 Å². The number of halogens is 3. The second kappa shape index (κ2) is 5.31. The number of thioether (sulfide) groups is 1. The Morgan fingerprint density at radius 2 is 2.22 bits per heavy atom. The van der Waals surface area contributed by atoms with Crippen molar-refractivity contribution in [1.29, 1.82) is 0 Å². The zero-order valence-corrected chi connectivity index (χ0v) is 11.4. The summed E-state index contributed by atoms with van der Waals surface area (Å²) in [7, 11) is 0. The summed E-state index contributed by atoms with van der Waals surface area (Å²) in [5.41, 5.74) is 1.000. The third kappa shape index (κ3) is 2.39. The first kappa shape index (κ1) is 13.4. The highest BCUT2D eigenvalue weighted by atomic mass is 79.9. The summed E-state index contributed by atoms with van der Waals surface area (Å²) in [4.78, 5) is 0. The largest absolute Gasteiger partial charge is 0.376 e. The van der Waals surface area contributed by atoms with E-state index < -0.39 is 11.9 Å². The highest BCUT2D eigenvalue weighted by Crippen LogP contribution is 2.36. The number of hydrogen-bond donors (Lipinski definition) is 1. The molecule has 2 aromatic rings. The second-order valence-corrected chi connectivity index (χ2v) is 5.30. The molecule has 0 amide bonds. The summed E-state index contributed by atoms with van der Waals surface area (Å²) >= 11 is 3.70. The quantitative estimate of drug-likeness (QED) is 0.685. The first-order chi connectivity index (χ1) is 8.54. The van der Waals surface area contributed by atoms with Crippen LogP contribution in [0, 0.1) is 12.3 Å². The van der Waals surface area contributed by atoms with E-state index in [-0.39, 0.29) is 5.03 Å². The zero-order chi connectivity index (χ0) is 13.3. The third-order valence-electron chi connectivity index (χ3n) is 2.39. The standard InChI is InChI=1S/C12H8BrF2NOS/c1-2-10(17)7-6-9-8(13)4-3-5-16(9)11(7)18-12(14)15/h1,3-6,10,12,17H. The Morgan fingerprint density at radius 3 is 2.83 bits per heavy atom. The van der Waals surface area contributed by atoms with Gasteiger partial charge >= 0.3 is 0 Å². The van der Waals surface area contributed by atoms with Crippen molar-refractivity contribution in [2.45, 2.75) is 16.9 Å². The molecule has 0 spiro atoms. The van der Waals surface area contributed by atoms with Crippen LogP contribution < -0.4 is 0 Å². The number of aliphatic hydroxyl groups excluding tert-OH is 1. The van der Waals surface area contributed by atoms with E-state index in [1.54, 1.807) is 28.8 Å². The van der Waals surface area contributed by atoms with Crippen molar-refractivity contribution >= 4 is 33.2 Å². The van der Waals surface area contributed by atoms with Gasteiger partial charge in [-0.1, -0.05) is 5.92 Å². The molecule has 0 bridgehead atoms. The average molecular weight is 332 g/mol. The van der Waals surface area contributed by atoms with Crippen LogP contribution in [0.5, 0.6) is 0 Å². The average Bonchev–Trinajstić information content (AvgIpc) is 2.68. The molecule has 0 aromatic carbocycles. The lowest BCUT2D eigenvalue weighted by atomic mass is 10.2. The molecule has 0 aliphatic heterocycles. The Morgan fingerprint density at radius 1 is 1.50 bits per heavy atom. The Hall–Kier alpha value is -1.03. The highest BCUT2D eigenvalue weighted by Gasteiger charge is 2.20. The summed E-state index contributed by atoms with van der Waals surface area (Å²) in [5, 5.41) is 9.95.